The molecule has 62 heavy (non-hydrogen) atoms. The van der Waals surface area contributed by atoms with Crippen LogP contribution < -0.4 is 0 Å². The van der Waals surface area contributed by atoms with Crippen LogP contribution in [0.4, 0.5) is 0 Å². The molecule has 0 spiro atoms. The Kier molecular flexibility index (Phi) is 14.1. The van der Waals surface area contributed by atoms with Gasteiger partial charge >= 0.3 is 5.97 Å². The molecule has 16 heteroatoms. The Bertz CT molecular complexity index is 2080. The van der Waals surface area contributed by atoms with Crippen LogP contribution in [0.3, 0.4) is 0 Å². The lowest BCUT2D eigenvalue weighted by atomic mass is 9.83. The molecule has 0 saturated heterocycles. The van der Waals surface area contributed by atoms with E-state index in [0.29, 0.717) is 5.56 Å². The lowest BCUT2D eigenvalue weighted by Crippen LogP contribution is -2.16. The first-order valence-corrected chi connectivity index (χ1v) is 30.6. The molecule has 9 rings (SSSR count). The second kappa shape index (κ2) is 17.3. The lowest BCUT2D eigenvalue weighted by Gasteiger charge is -2.32. The van der Waals surface area contributed by atoms with E-state index < -0.39 is 5.97 Å². The Morgan fingerprint density at radius 1 is 0.339 bits per heavy atom. The highest BCUT2D eigenvalue weighted by Gasteiger charge is 2.53. The molecular formula is C46H56O4S12. The lowest BCUT2D eigenvalue weighted by molar-refractivity contribution is 0.0687. The van der Waals surface area contributed by atoms with E-state index in [9.17, 15) is 19.5 Å². The molecule has 3 aromatic rings. The number of hydrogen-bond acceptors (Lipinski definition) is 15. The van der Waals surface area contributed by atoms with Gasteiger partial charge < -0.3 is 5.11 Å². The predicted molar refractivity (Wildman–Crippen MR) is 285 cm³/mol. The van der Waals surface area contributed by atoms with Crippen molar-refractivity contribution in [3.8, 4) is 0 Å². The zero-order valence-corrected chi connectivity index (χ0v) is 48.4. The molecule has 0 saturated carbocycles. The van der Waals surface area contributed by atoms with Crippen LogP contribution in [0, 0.1) is 0 Å². The fourth-order valence-corrected chi connectivity index (χ4v) is 26.5. The van der Waals surface area contributed by atoms with Crippen molar-refractivity contribution >= 4 is 159 Å². The number of aromatic carboxylic acids is 1. The monoisotopic (exact) mass is 1060 g/mol. The van der Waals surface area contributed by atoms with Crippen molar-refractivity contribution in [2.24, 2.45) is 0 Å². The zero-order valence-electron chi connectivity index (χ0n) is 38.6. The molecule has 0 bridgehead atoms. The second-order valence-corrected chi connectivity index (χ2v) is 38.9. The average Bonchev–Trinajstić information content (AvgIpc) is 3.94. The van der Waals surface area contributed by atoms with Crippen molar-refractivity contribution in [3.05, 3.63) is 33.4 Å². The number of Topliss-reactive ketones (excluding diaryl/α,β-unsaturated/α-hetero) is 2. The number of benzene rings is 3. The summed E-state index contributed by atoms with van der Waals surface area (Å²) in [4.78, 5) is 54.3. The molecule has 0 radical (unpaired) electrons. The third-order valence-electron chi connectivity index (χ3n) is 10.0. The number of carbonyl (C=O) groups excluding carboxylic acids is 2. The van der Waals surface area contributed by atoms with Gasteiger partial charge in [-0.25, -0.2) is 4.79 Å². The van der Waals surface area contributed by atoms with Crippen molar-refractivity contribution < 1.29 is 19.5 Å². The number of hydrogen-bond donors (Lipinski definition) is 1. The molecule has 4 nitrogen and oxygen atoms in total. The summed E-state index contributed by atoms with van der Waals surface area (Å²) in [6.45, 7) is 38.4. The van der Waals surface area contributed by atoms with Crippen molar-refractivity contribution in [2.45, 2.75) is 214 Å². The van der Waals surface area contributed by atoms with Gasteiger partial charge in [0.2, 0.25) is 0 Å². The van der Waals surface area contributed by atoms with Gasteiger partial charge in [-0.3, -0.25) is 9.59 Å². The summed E-state index contributed by atoms with van der Waals surface area (Å²) >= 11 is 21.7. The molecule has 6 aliphatic rings. The quantitative estimate of drug-likeness (QED) is 0.188. The summed E-state index contributed by atoms with van der Waals surface area (Å²) in [5.74, 6) is -0.999. The fraction of sp³-hybridized carbons (Fsp3) is 0.543. The third-order valence-corrected chi connectivity index (χ3v) is 27.1. The standard InChI is InChI=1S/C42H44O4S12.2C2H6/c1-15(43)17-24-28(51-37(3,4)47-24)20(29-25(17)48-38(5,6)52-29)19(21-30-26(49-39(7,8)53-30)18(16(2)44)27-31(21)54-40(9,10)50-27)22-32-34(57-41(11,12)55-32)23(36(45)46)35-33(22)56-42(13,14)58-35;2*1-2/h19H,1-14H3,(H,45,46);2*1-2H3. The zero-order chi connectivity index (χ0) is 46.2. The molecule has 1 N–H and O–H groups in total. The Labute approximate surface area is 420 Å². The van der Waals surface area contributed by atoms with E-state index in [1.165, 1.54) is 36.3 Å². The van der Waals surface area contributed by atoms with E-state index in [-0.39, 0.29) is 42.0 Å². The van der Waals surface area contributed by atoms with Crippen LogP contribution in [-0.2, 0) is 0 Å². The summed E-state index contributed by atoms with van der Waals surface area (Å²) in [5, 5.41) is 11.1. The minimum atomic E-state index is -0.878. The molecule has 0 aromatic heterocycles. The highest BCUT2D eigenvalue weighted by atomic mass is 32.2. The first kappa shape index (κ1) is 50.5. The number of carboxylic acids is 1. The smallest absolute Gasteiger partial charge is 0.338 e. The largest absolute Gasteiger partial charge is 0.478 e. The van der Waals surface area contributed by atoms with Crippen LogP contribution in [0.2, 0.25) is 0 Å². The highest BCUT2D eigenvalue weighted by Crippen LogP contribution is 2.74. The van der Waals surface area contributed by atoms with Gasteiger partial charge in [-0.15, -0.1) is 141 Å². The van der Waals surface area contributed by atoms with Gasteiger partial charge in [0, 0.05) is 75.8 Å². The number of ketones is 2. The molecule has 6 aliphatic heterocycles. The predicted octanol–water partition coefficient (Wildman–Crippen LogP) is 18.6. The van der Waals surface area contributed by atoms with Gasteiger partial charge in [-0.1, -0.05) is 27.7 Å². The summed E-state index contributed by atoms with van der Waals surface area (Å²) in [6, 6.07) is 0. The van der Waals surface area contributed by atoms with E-state index in [1.54, 1.807) is 60.9 Å². The van der Waals surface area contributed by atoms with E-state index in [2.05, 4.69) is 83.1 Å². The van der Waals surface area contributed by atoms with E-state index in [4.69, 9.17) is 0 Å². The minimum Gasteiger partial charge on any atom is -0.478 e. The molecule has 0 fully saturated rings. The van der Waals surface area contributed by atoms with Crippen LogP contribution in [0.25, 0.3) is 0 Å². The van der Waals surface area contributed by atoms with Crippen molar-refractivity contribution in [1.82, 2.24) is 0 Å². The number of rotatable bonds is 6. The first-order chi connectivity index (χ1) is 28.6. The van der Waals surface area contributed by atoms with Crippen LogP contribution in [0.5, 0.6) is 0 Å². The summed E-state index contributed by atoms with van der Waals surface area (Å²) in [6.07, 6.45) is 0. The molecule has 336 valence electrons. The molecule has 6 heterocycles. The SMILES string of the molecule is CC.CC.CC(=O)c1c2c(c(C(c3c4c(c(C(C)=O)c5c3SC(C)(C)S5)SC(C)(C)S4)c3c4c(c(C(=O)O)c5c3SC(C)(C)S5)SC(C)(C)S4)c3c1SC(C)(C)S3)SC(C)(C)S2. The van der Waals surface area contributed by atoms with E-state index >= 15 is 0 Å². The van der Waals surface area contributed by atoms with E-state index in [1.807, 2.05) is 122 Å². The van der Waals surface area contributed by atoms with Crippen LogP contribution in [-0.4, -0.2) is 47.1 Å². The average molecular weight is 1060 g/mol. The van der Waals surface area contributed by atoms with Gasteiger partial charge in [0.1, 0.15) is 0 Å². The van der Waals surface area contributed by atoms with Crippen molar-refractivity contribution in [1.29, 1.82) is 0 Å². The highest BCUT2D eigenvalue weighted by molar-refractivity contribution is 8.23. The van der Waals surface area contributed by atoms with Gasteiger partial charge in [0.05, 0.1) is 30.0 Å². The molecule has 0 unspecified atom stereocenters. The van der Waals surface area contributed by atoms with Gasteiger partial charge in [0.25, 0.3) is 0 Å². The van der Waals surface area contributed by atoms with Crippen LogP contribution in [0.1, 0.15) is 178 Å². The van der Waals surface area contributed by atoms with Crippen LogP contribution >= 0.6 is 141 Å². The maximum absolute atomic E-state index is 14.0. The number of carbonyl (C=O) groups is 3. The molecule has 0 amide bonds. The summed E-state index contributed by atoms with van der Waals surface area (Å²) in [5.41, 5.74) is 5.78. The molecule has 3 aromatic carbocycles. The Hall–Kier alpha value is 0.670. The molecule has 0 atom stereocenters. The van der Waals surface area contributed by atoms with Gasteiger partial charge in [0.15, 0.2) is 11.6 Å². The summed E-state index contributed by atoms with van der Waals surface area (Å²) in [7, 11) is 0. The maximum atomic E-state index is 14.0. The maximum Gasteiger partial charge on any atom is 0.338 e. The number of thioether (sulfide) groups is 12. The van der Waals surface area contributed by atoms with E-state index in [0.717, 1.165) is 50.3 Å². The first-order valence-electron chi connectivity index (χ1n) is 20.9. The number of carboxylic acid groups (broad SMARTS) is 1. The minimum absolute atomic E-state index is 0.0946. The van der Waals surface area contributed by atoms with Gasteiger partial charge in [-0.2, -0.15) is 0 Å². The molecule has 0 aliphatic carbocycles. The normalized spacial score (nSPS) is 21.5. The summed E-state index contributed by atoms with van der Waals surface area (Å²) < 4.78 is -1.47. The fourth-order valence-electron chi connectivity index (χ4n) is 8.35. The van der Waals surface area contributed by atoms with Gasteiger partial charge in [-0.05, 0) is 114 Å². The van der Waals surface area contributed by atoms with Crippen LogP contribution in [0.15, 0.2) is 58.7 Å². The Morgan fingerprint density at radius 3 is 0.661 bits per heavy atom. The van der Waals surface area contributed by atoms with Crippen molar-refractivity contribution in [3.63, 3.8) is 0 Å². The third kappa shape index (κ3) is 8.80. The Balaban J connectivity index is 0.00000141. The number of fused-ring (bicyclic) bond motifs is 6. The Morgan fingerprint density at radius 2 is 0.500 bits per heavy atom. The van der Waals surface area contributed by atoms with Crippen molar-refractivity contribution in [2.75, 3.05) is 0 Å². The molecular weight excluding hydrogens is 1000 g/mol. The second-order valence-electron chi connectivity index (χ2n) is 17.8. The topological polar surface area (TPSA) is 71.4 Å².